The molecule has 1 aromatic rings. The minimum Gasteiger partial charge on any atom is -0.464 e. The molecule has 1 fully saturated rings. The summed E-state index contributed by atoms with van der Waals surface area (Å²) in [6, 6.07) is 3.55. The van der Waals surface area contributed by atoms with Crippen molar-refractivity contribution in [2.24, 2.45) is 5.92 Å². The van der Waals surface area contributed by atoms with Crippen LogP contribution in [0.1, 0.15) is 36.7 Å². The highest BCUT2D eigenvalue weighted by molar-refractivity contribution is 5.88. The maximum atomic E-state index is 11.4. The number of pyridine rings is 1. The van der Waals surface area contributed by atoms with Crippen LogP contribution in [0.4, 0.5) is 11.5 Å². The number of carbonyl (C=O) groups excluding carboxylic acids is 1. The molecule has 5 nitrogen and oxygen atoms in total. The molecule has 5 heteroatoms. The van der Waals surface area contributed by atoms with Gasteiger partial charge < -0.3 is 15.8 Å². The highest BCUT2D eigenvalue weighted by Crippen LogP contribution is 2.34. The zero-order valence-electron chi connectivity index (χ0n) is 10.8. The molecule has 18 heavy (non-hydrogen) atoms. The first-order valence-corrected chi connectivity index (χ1v) is 6.21. The molecule has 2 rings (SSSR count). The summed E-state index contributed by atoms with van der Waals surface area (Å²) in [7, 11) is 1.34. The Hall–Kier alpha value is -1.78. The Morgan fingerprint density at radius 1 is 1.61 bits per heavy atom. The number of hydrogen-bond donors (Lipinski definition) is 2. The van der Waals surface area contributed by atoms with E-state index in [9.17, 15) is 4.79 Å². The smallest absolute Gasteiger partial charge is 0.356 e. The largest absolute Gasteiger partial charge is 0.464 e. The molecule has 1 aromatic heterocycles. The van der Waals surface area contributed by atoms with Crippen molar-refractivity contribution in [1.82, 2.24) is 4.98 Å². The predicted molar refractivity (Wildman–Crippen MR) is 70.4 cm³/mol. The van der Waals surface area contributed by atoms with Crippen molar-refractivity contribution >= 4 is 17.5 Å². The van der Waals surface area contributed by atoms with Gasteiger partial charge in [-0.1, -0.05) is 12.8 Å². The van der Waals surface area contributed by atoms with Gasteiger partial charge in [-0.15, -0.1) is 0 Å². The number of nitrogen functional groups attached to an aromatic ring is 1. The van der Waals surface area contributed by atoms with Gasteiger partial charge in [-0.2, -0.15) is 0 Å². The highest BCUT2D eigenvalue weighted by Gasteiger charge is 2.24. The first kappa shape index (κ1) is 12.7. The van der Waals surface area contributed by atoms with Crippen molar-refractivity contribution in [1.29, 1.82) is 0 Å². The minimum absolute atomic E-state index is 0.271. The van der Waals surface area contributed by atoms with Gasteiger partial charge in [0.2, 0.25) is 0 Å². The van der Waals surface area contributed by atoms with Crippen LogP contribution in [-0.4, -0.2) is 24.1 Å². The zero-order chi connectivity index (χ0) is 13.1. The number of carbonyl (C=O) groups is 1. The average Bonchev–Trinajstić information content (AvgIpc) is 3.14. The Balaban J connectivity index is 2.07. The molecule has 0 bridgehead atoms. The summed E-state index contributed by atoms with van der Waals surface area (Å²) in [5.74, 6) is 0.941. The molecule has 98 valence electrons. The average molecular weight is 249 g/mol. The number of rotatable bonds is 5. The van der Waals surface area contributed by atoms with Crippen molar-refractivity contribution in [3.63, 3.8) is 0 Å². The second-order valence-corrected chi connectivity index (χ2v) is 4.85. The van der Waals surface area contributed by atoms with E-state index >= 15 is 0 Å². The van der Waals surface area contributed by atoms with Crippen LogP contribution in [0.3, 0.4) is 0 Å². The van der Waals surface area contributed by atoms with E-state index in [-0.39, 0.29) is 5.69 Å². The zero-order valence-corrected chi connectivity index (χ0v) is 10.8. The lowest BCUT2D eigenvalue weighted by Gasteiger charge is -2.16. The molecule has 1 atom stereocenters. The summed E-state index contributed by atoms with van der Waals surface area (Å²) in [4.78, 5) is 15.6. The van der Waals surface area contributed by atoms with Crippen LogP contribution < -0.4 is 11.1 Å². The van der Waals surface area contributed by atoms with E-state index in [4.69, 9.17) is 5.73 Å². The Bertz CT molecular complexity index is 444. The number of anilines is 2. The molecular formula is C13H19N3O2. The van der Waals surface area contributed by atoms with Crippen molar-refractivity contribution in [2.75, 3.05) is 18.2 Å². The molecule has 0 aromatic carbocycles. The molecule has 0 saturated heterocycles. The van der Waals surface area contributed by atoms with Crippen LogP contribution in [0.15, 0.2) is 12.1 Å². The third kappa shape index (κ3) is 3.12. The topological polar surface area (TPSA) is 77.2 Å². The molecule has 0 amide bonds. The number of nitrogens with one attached hydrogen (secondary N) is 1. The molecule has 0 radical (unpaired) electrons. The maximum absolute atomic E-state index is 11.4. The van der Waals surface area contributed by atoms with Crippen LogP contribution >= 0.6 is 0 Å². The van der Waals surface area contributed by atoms with Gasteiger partial charge in [-0.3, -0.25) is 0 Å². The summed E-state index contributed by atoms with van der Waals surface area (Å²) in [5.41, 5.74) is 6.67. The Morgan fingerprint density at radius 2 is 2.33 bits per heavy atom. The van der Waals surface area contributed by atoms with E-state index in [0.29, 0.717) is 17.5 Å². The third-order valence-electron chi connectivity index (χ3n) is 3.09. The third-order valence-corrected chi connectivity index (χ3v) is 3.09. The molecule has 1 unspecified atom stereocenters. The summed E-state index contributed by atoms with van der Waals surface area (Å²) >= 11 is 0. The standard InChI is InChI=1S/C13H19N3O2/c1-8(7-9-3-4-9)15-12-10(14)5-6-11(16-12)13(17)18-2/h5-6,8-9H,3-4,7,14H2,1-2H3,(H,15,16). The normalized spacial score (nSPS) is 16.1. The van der Waals surface area contributed by atoms with Gasteiger partial charge in [0.1, 0.15) is 5.82 Å². The number of methoxy groups -OCH3 is 1. The van der Waals surface area contributed by atoms with Gasteiger partial charge >= 0.3 is 5.97 Å². The first-order valence-electron chi connectivity index (χ1n) is 6.21. The number of nitrogens with zero attached hydrogens (tertiary/aromatic N) is 1. The van der Waals surface area contributed by atoms with Gasteiger partial charge in [0.05, 0.1) is 12.8 Å². The van der Waals surface area contributed by atoms with Gasteiger partial charge in [0.15, 0.2) is 5.69 Å². The summed E-state index contributed by atoms with van der Waals surface area (Å²) < 4.78 is 4.64. The Morgan fingerprint density at radius 3 is 2.94 bits per heavy atom. The van der Waals surface area contributed by atoms with Crippen LogP contribution in [0.25, 0.3) is 0 Å². The van der Waals surface area contributed by atoms with Crippen molar-refractivity contribution in [2.45, 2.75) is 32.2 Å². The fourth-order valence-corrected chi connectivity index (χ4v) is 1.95. The molecule has 1 heterocycles. The van der Waals surface area contributed by atoms with E-state index in [0.717, 1.165) is 12.3 Å². The van der Waals surface area contributed by atoms with E-state index in [1.807, 2.05) is 0 Å². The van der Waals surface area contributed by atoms with E-state index in [1.165, 1.54) is 20.0 Å². The maximum Gasteiger partial charge on any atom is 0.356 e. The fraction of sp³-hybridized carbons (Fsp3) is 0.538. The van der Waals surface area contributed by atoms with Crippen LogP contribution in [-0.2, 0) is 4.74 Å². The molecule has 0 spiro atoms. The van der Waals surface area contributed by atoms with Gasteiger partial charge in [-0.05, 0) is 31.4 Å². The van der Waals surface area contributed by atoms with E-state index in [2.05, 4.69) is 22.0 Å². The summed E-state index contributed by atoms with van der Waals surface area (Å²) in [5, 5.41) is 3.26. The van der Waals surface area contributed by atoms with E-state index in [1.54, 1.807) is 12.1 Å². The fourth-order valence-electron chi connectivity index (χ4n) is 1.95. The Labute approximate surface area is 107 Å². The molecule has 3 N–H and O–H groups in total. The van der Waals surface area contributed by atoms with Crippen LogP contribution in [0.2, 0.25) is 0 Å². The quantitative estimate of drug-likeness (QED) is 0.781. The van der Waals surface area contributed by atoms with Gasteiger partial charge in [0.25, 0.3) is 0 Å². The number of ether oxygens (including phenoxy) is 1. The molecule has 1 aliphatic rings. The van der Waals surface area contributed by atoms with Crippen molar-refractivity contribution in [3.8, 4) is 0 Å². The lowest BCUT2D eigenvalue weighted by atomic mass is 10.1. The molecule has 1 saturated carbocycles. The number of esters is 1. The van der Waals surface area contributed by atoms with Gasteiger partial charge in [-0.25, -0.2) is 9.78 Å². The molecular weight excluding hydrogens is 230 g/mol. The first-order chi connectivity index (χ1) is 8.60. The number of nitrogens with two attached hydrogens (primary N) is 1. The number of aromatic nitrogens is 1. The Kier molecular flexibility index (Phi) is 3.69. The van der Waals surface area contributed by atoms with Crippen LogP contribution in [0, 0.1) is 5.92 Å². The highest BCUT2D eigenvalue weighted by atomic mass is 16.5. The predicted octanol–water partition coefficient (Wildman–Crippen LogP) is 2.05. The monoisotopic (exact) mass is 249 g/mol. The van der Waals surface area contributed by atoms with Gasteiger partial charge in [0, 0.05) is 6.04 Å². The van der Waals surface area contributed by atoms with Crippen molar-refractivity contribution in [3.05, 3.63) is 17.8 Å². The second-order valence-electron chi connectivity index (χ2n) is 4.85. The summed E-state index contributed by atoms with van der Waals surface area (Å²) in [6.07, 6.45) is 3.75. The lowest BCUT2D eigenvalue weighted by Crippen LogP contribution is -2.19. The molecule has 0 aliphatic heterocycles. The summed E-state index contributed by atoms with van der Waals surface area (Å²) in [6.45, 7) is 2.10. The van der Waals surface area contributed by atoms with Crippen molar-refractivity contribution < 1.29 is 9.53 Å². The lowest BCUT2D eigenvalue weighted by molar-refractivity contribution is 0.0594. The van der Waals surface area contributed by atoms with Crippen LogP contribution in [0.5, 0.6) is 0 Å². The minimum atomic E-state index is -0.451. The van der Waals surface area contributed by atoms with E-state index < -0.39 is 5.97 Å². The second kappa shape index (κ2) is 5.25. The molecule has 1 aliphatic carbocycles. The number of hydrogen-bond acceptors (Lipinski definition) is 5. The SMILES string of the molecule is COC(=O)c1ccc(N)c(NC(C)CC2CC2)n1.